The van der Waals surface area contributed by atoms with Crippen LogP contribution in [0.1, 0.15) is 0 Å². The highest BCUT2D eigenvalue weighted by atomic mass is 16.5. The summed E-state index contributed by atoms with van der Waals surface area (Å²) in [5.41, 5.74) is 7.47. The lowest BCUT2D eigenvalue weighted by atomic mass is 10.2. The van der Waals surface area contributed by atoms with Crippen LogP contribution in [0.4, 0.5) is 11.4 Å². The zero-order valence-electron chi connectivity index (χ0n) is 14.3. The number of rotatable bonds is 5. The highest BCUT2D eigenvalue weighted by Crippen LogP contribution is 2.20. The van der Waals surface area contributed by atoms with Crippen molar-refractivity contribution in [1.82, 2.24) is 4.90 Å². The highest BCUT2D eigenvalue weighted by Gasteiger charge is 2.30. The molecule has 0 spiro atoms. The Morgan fingerprint density at radius 1 is 1.36 bits per heavy atom. The van der Waals surface area contributed by atoms with E-state index in [1.54, 1.807) is 24.1 Å². The van der Waals surface area contributed by atoms with Crippen LogP contribution < -0.4 is 16.0 Å². The summed E-state index contributed by atoms with van der Waals surface area (Å²) in [7, 11) is 1.63. The second-order valence-corrected chi connectivity index (χ2v) is 6.33. The lowest BCUT2D eigenvalue weighted by molar-refractivity contribution is -0.125. The summed E-state index contributed by atoms with van der Waals surface area (Å²) in [5.74, 6) is -0.153. The van der Waals surface area contributed by atoms with Crippen molar-refractivity contribution < 1.29 is 19.1 Å². The van der Waals surface area contributed by atoms with E-state index in [0.29, 0.717) is 31.9 Å². The van der Waals surface area contributed by atoms with Gasteiger partial charge in [0, 0.05) is 44.2 Å². The summed E-state index contributed by atoms with van der Waals surface area (Å²) in [6, 6.07) is 7.17. The van der Waals surface area contributed by atoms with Gasteiger partial charge in [0.2, 0.25) is 5.91 Å². The summed E-state index contributed by atoms with van der Waals surface area (Å²) in [4.78, 5) is 27.7. The molecule has 2 atom stereocenters. The average molecular weight is 348 g/mol. The summed E-state index contributed by atoms with van der Waals surface area (Å²) >= 11 is 0. The SMILES string of the molecule is CO[C@H]1CN(CC(=O)Nc2ccc(N3CCOCC3=O)cc2)C[C@@H]1N. The van der Waals surface area contributed by atoms with Crippen LogP contribution in [0.5, 0.6) is 0 Å². The second kappa shape index (κ2) is 7.92. The predicted octanol–water partition coefficient (Wildman–Crippen LogP) is -0.354. The minimum absolute atomic E-state index is 0.0295. The van der Waals surface area contributed by atoms with Crippen molar-refractivity contribution in [3.63, 3.8) is 0 Å². The van der Waals surface area contributed by atoms with Crippen LogP contribution >= 0.6 is 0 Å². The fraction of sp³-hybridized carbons (Fsp3) is 0.529. The number of amides is 2. The number of carbonyl (C=O) groups excluding carboxylic acids is 2. The van der Waals surface area contributed by atoms with Gasteiger partial charge in [0.1, 0.15) is 6.61 Å². The molecule has 2 fully saturated rings. The molecular formula is C17H24N4O4. The molecule has 2 aliphatic rings. The van der Waals surface area contributed by atoms with Gasteiger partial charge in [-0.1, -0.05) is 0 Å². The maximum absolute atomic E-state index is 12.2. The molecule has 0 saturated carbocycles. The predicted molar refractivity (Wildman–Crippen MR) is 93.5 cm³/mol. The van der Waals surface area contributed by atoms with Gasteiger partial charge in [0.25, 0.3) is 5.91 Å². The van der Waals surface area contributed by atoms with Crippen LogP contribution in [0.2, 0.25) is 0 Å². The number of morpholine rings is 1. The number of nitrogens with zero attached hydrogens (tertiary/aromatic N) is 2. The molecule has 3 N–H and O–H groups in total. The minimum Gasteiger partial charge on any atom is -0.378 e. The van der Waals surface area contributed by atoms with Gasteiger partial charge in [-0.05, 0) is 24.3 Å². The van der Waals surface area contributed by atoms with Crippen molar-refractivity contribution in [3.8, 4) is 0 Å². The van der Waals surface area contributed by atoms with E-state index in [1.165, 1.54) is 0 Å². The molecule has 2 aliphatic heterocycles. The van der Waals surface area contributed by atoms with Gasteiger partial charge >= 0.3 is 0 Å². The lowest BCUT2D eigenvalue weighted by Crippen LogP contribution is -2.41. The van der Waals surface area contributed by atoms with E-state index < -0.39 is 0 Å². The van der Waals surface area contributed by atoms with Gasteiger partial charge in [-0.15, -0.1) is 0 Å². The molecule has 0 bridgehead atoms. The quantitative estimate of drug-likeness (QED) is 0.755. The summed E-state index contributed by atoms with van der Waals surface area (Å²) in [6.45, 7) is 2.76. The van der Waals surface area contributed by atoms with Gasteiger partial charge in [-0.25, -0.2) is 0 Å². The number of nitrogens with one attached hydrogen (secondary N) is 1. The zero-order chi connectivity index (χ0) is 17.8. The number of hydrogen-bond acceptors (Lipinski definition) is 6. The molecule has 2 heterocycles. The standard InChI is InChI=1S/C17H24N4O4/c1-24-15-9-20(8-14(15)18)10-16(22)19-12-2-4-13(5-3-12)21-6-7-25-11-17(21)23/h2-5,14-15H,6-11,18H2,1H3,(H,19,22)/t14-,15-/m0/s1. The Labute approximate surface area is 146 Å². The number of benzene rings is 1. The van der Waals surface area contributed by atoms with E-state index in [9.17, 15) is 9.59 Å². The second-order valence-electron chi connectivity index (χ2n) is 6.33. The number of methoxy groups -OCH3 is 1. The number of anilines is 2. The average Bonchev–Trinajstić information content (AvgIpc) is 2.95. The third-order valence-corrected chi connectivity index (χ3v) is 4.50. The van der Waals surface area contributed by atoms with Crippen LogP contribution in [0.3, 0.4) is 0 Å². The number of carbonyl (C=O) groups is 2. The van der Waals surface area contributed by atoms with Crippen LogP contribution in [-0.2, 0) is 19.1 Å². The molecule has 25 heavy (non-hydrogen) atoms. The molecule has 1 aromatic carbocycles. The van der Waals surface area contributed by atoms with Crippen LogP contribution in [0.15, 0.2) is 24.3 Å². The van der Waals surface area contributed by atoms with Crippen molar-refractivity contribution in [2.75, 3.05) is 56.7 Å². The van der Waals surface area contributed by atoms with Gasteiger partial charge < -0.3 is 25.4 Å². The van der Waals surface area contributed by atoms with E-state index in [4.69, 9.17) is 15.2 Å². The molecule has 136 valence electrons. The maximum Gasteiger partial charge on any atom is 0.253 e. The largest absolute Gasteiger partial charge is 0.378 e. The van der Waals surface area contributed by atoms with Crippen molar-refractivity contribution >= 4 is 23.2 Å². The number of ether oxygens (including phenoxy) is 2. The Morgan fingerprint density at radius 3 is 2.76 bits per heavy atom. The first-order valence-electron chi connectivity index (χ1n) is 8.35. The normalized spacial score (nSPS) is 24.6. The third-order valence-electron chi connectivity index (χ3n) is 4.50. The van der Waals surface area contributed by atoms with Gasteiger partial charge in [0.15, 0.2) is 0 Å². The van der Waals surface area contributed by atoms with E-state index in [-0.39, 0.29) is 37.1 Å². The molecule has 1 aromatic rings. The maximum atomic E-state index is 12.2. The van der Waals surface area contributed by atoms with Crippen molar-refractivity contribution in [2.45, 2.75) is 12.1 Å². The number of hydrogen-bond donors (Lipinski definition) is 2. The Balaban J connectivity index is 1.53. The smallest absolute Gasteiger partial charge is 0.253 e. The molecule has 0 aliphatic carbocycles. The fourth-order valence-corrected chi connectivity index (χ4v) is 3.18. The Morgan fingerprint density at radius 2 is 2.12 bits per heavy atom. The van der Waals surface area contributed by atoms with Gasteiger partial charge in [-0.3, -0.25) is 14.5 Å². The number of likely N-dealkylation sites (tertiary alicyclic amines) is 1. The van der Waals surface area contributed by atoms with Crippen molar-refractivity contribution in [2.24, 2.45) is 5.73 Å². The topological polar surface area (TPSA) is 97.1 Å². The Hall–Kier alpha value is -2.00. The summed E-state index contributed by atoms with van der Waals surface area (Å²) in [5, 5.41) is 2.87. The molecule has 8 heteroatoms. The first kappa shape index (κ1) is 17.8. The summed E-state index contributed by atoms with van der Waals surface area (Å²) in [6.07, 6.45) is -0.0295. The first-order chi connectivity index (χ1) is 12.1. The van der Waals surface area contributed by atoms with Crippen LogP contribution in [0, 0.1) is 0 Å². The molecule has 3 rings (SSSR count). The van der Waals surface area contributed by atoms with Crippen molar-refractivity contribution in [3.05, 3.63) is 24.3 Å². The number of nitrogens with two attached hydrogens (primary N) is 1. The van der Waals surface area contributed by atoms with Crippen LogP contribution in [-0.4, -0.2) is 75.4 Å². The molecular weight excluding hydrogens is 324 g/mol. The minimum atomic E-state index is -0.0980. The molecule has 0 radical (unpaired) electrons. The molecule has 8 nitrogen and oxygen atoms in total. The molecule has 2 saturated heterocycles. The molecule has 0 unspecified atom stereocenters. The van der Waals surface area contributed by atoms with E-state index in [1.807, 2.05) is 17.0 Å². The van der Waals surface area contributed by atoms with E-state index in [0.717, 1.165) is 5.69 Å². The Kier molecular flexibility index (Phi) is 5.64. The summed E-state index contributed by atoms with van der Waals surface area (Å²) < 4.78 is 10.4. The van der Waals surface area contributed by atoms with E-state index >= 15 is 0 Å². The zero-order valence-corrected chi connectivity index (χ0v) is 14.3. The highest BCUT2D eigenvalue weighted by molar-refractivity contribution is 5.96. The monoisotopic (exact) mass is 348 g/mol. The molecule has 0 aromatic heterocycles. The van der Waals surface area contributed by atoms with E-state index in [2.05, 4.69) is 5.32 Å². The van der Waals surface area contributed by atoms with Crippen molar-refractivity contribution in [1.29, 1.82) is 0 Å². The fourth-order valence-electron chi connectivity index (χ4n) is 3.18. The van der Waals surface area contributed by atoms with Gasteiger partial charge in [0.05, 0.1) is 19.3 Å². The van der Waals surface area contributed by atoms with Gasteiger partial charge in [-0.2, -0.15) is 0 Å². The Bertz CT molecular complexity index is 622. The lowest BCUT2D eigenvalue weighted by Gasteiger charge is -2.27. The molecule has 2 amide bonds. The first-order valence-corrected chi connectivity index (χ1v) is 8.35. The third kappa shape index (κ3) is 4.35. The van der Waals surface area contributed by atoms with Crippen LogP contribution in [0.25, 0.3) is 0 Å².